The molecule has 0 aliphatic carbocycles. The van der Waals surface area contributed by atoms with Crippen LogP contribution in [0, 0.1) is 5.41 Å². The second-order valence-corrected chi connectivity index (χ2v) is 9.32. The van der Waals surface area contributed by atoms with Crippen molar-refractivity contribution < 1.29 is 4.79 Å². The number of amides is 1. The fourth-order valence-corrected chi connectivity index (χ4v) is 4.85. The molecule has 8 heteroatoms. The first-order valence-electron chi connectivity index (χ1n) is 9.51. The number of hydrogen-bond acceptors (Lipinski definition) is 3. The number of aliphatic imine (C=N–C) groups is 1. The van der Waals surface area contributed by atoms with Crippen LogP contribution in [0.25, 0.3) is 17.0 Å². The Hall–Kier alpha value is -2.80. The van der Waals surface area contributed by atoms with Crippen molar-refractivity contribution in [2.45, 2.75) is 13.5 Å². The van der Waals surface area contributed by atoms with Gasteiger partial charge in [-0.1, -0.05) is 59.2 Å². The number of carbonyl (C=O) groups excluding carboxylic acids is 1. The minimum Gasteiger partial charge on any atom is -0.342 e. The molecule has 2 aliphatic heterocycles. The summed E-state index contributed by atoms with van der Waals surface area (Å²) >= 11 is 13.6. The van der Waals surface area contributed by atoms with Crippen LogP contribution in [0.15, 0.2) is 70.3 Å². The number of amidine groups is 2. The van der Waals surface area contributed by atoms with Crippen LogP contribution >= 0.6 is 35.0 Å². The maximum Gasteiger partial charge on any atom is 0.283 e. The van der Waals surface area contributed by atoms with Crippen molar-refractivity contribution in [1.29, 1.82) is 5.41 Å². The third-order valence-corrected chi connectivity index (χ3v) is 6.79. The molecule has 1 amide bonds. The summed E-state index contributed by atoms with van der Waals surface area (Å²) in [4.78, 5) is 19.5. The van der Waals surface area contributed by atoms with Crippen molar-refractivity contribution in [2.75, 3.05) is 0 Å². The molecule has 0 unspecified atom stereocenters. The number of nitrogens with zero attached hydrogens (tertiary/aromatic N) is 3. The van der Waals surface area contributed by atoms with E-state index in [1.165, 1.54) is 11.8 Å². The summed E-state index contributed by atoms with van der Waals surface area (Å²) in [6, 6.07) is 13.6. The number of para-hydroxylation sites is 1. The Morgan fingerprint density at radius 1 is 1.16 bits per heavy atom. The van der Waals surface area contributed by atoms with E-state index in [9.17, 15) is 4.79 Å². The van der Waals surface area contributed by atoms with Crippen LogP contribution in [0.1, 0.15) is 18.1 Å². The number of fused-ring (bicyclic) bond motifs is 2. The molecule has 1 N–H and O–H groups in total. The SMILES string of the molecule is CC1=CN2C(=N)/C(=C/c3cn(Cc4ccc(Cl)c(Cl)c4)c4ccccc34)C(=O)N=C2S1. The number of nitrogens with one attached hydrogen (secondary N) is 1. The Morgan fingerprint density at radius 2 is 1.97 bits per heavy atom. The molecule has 0 atom stereocenters. The lowest BCUT2D eigenvalue weighted by Crippen LogP contribution is -2.35. The lowest BCUT2D eigenvalue weighted by atomic mass is 10.1. The molecule has 2 aromatic carbocycles. The predicted molar refractivity (Wildman–Crippen MR) is 129 cm³/mol. The molecule has 2 aliphatic rings. The van der Waals surface area contributed by atoms with Crippen LogP contribution in [0.3, 0.4) is 0 Å². The minimum absolute atomic E-state index is 0.140. The smallest absolute Gasteiger partial charge is 0.283 e. The van der Waals surface area contributed by atoms with E-state index in [-0.39, 0.29) is 11.4 Å². The van der Waals surface area contributed by atoms with E-state index in [0.717, 1.165) is 26.9 Å². The first-order valence-corrected chi connectivity index (χ1v) is 11.1. The average Bonchev–Trinajstić information content (AvgIpc) is 3.28. The molecule has 31 heavy (non-hydrogen) atoms. The highest BCUT2D eigenvalue weighted by atomic mass is 35.5. The Morgan fingerprint density at radius 3 is 2.77 bits per heavy atom. The topological polar surface area (TPSA) is 61.5 Å². The van der Waals surface area contributed by atoms with E-state index in [1.54, 1.807) is 17.0 Å². The van der Waals surface area contributed by atoms with Crippen molar-refractivity contribution in [3.63, 3.8) is 0 Å². The largest absolute Gasteiger partial charge is 0.342 e. The average molecular weight is 467 g/mol. The summed E-state index contributed by atoms with van der Waals surface area (Å²) in [5.74, 6) is -0.256. The number of carbonyl (C=O) groups is 1. The van der Waals surface area contributed by atoms with Gasteiger partial charge in [0.25, 0.3) is 5.91 Å². The Labute approximate surface area is 193 Å². The van der Waals surface area contributed by atoms with Gasteiger partial charge in [0.2, 0.25) is 0 Å². The van der Waals surface area contributed by atoms with E-state index in [0.29, 0.717) is 21.8 Å². The lowest BCUT2D eigenvalue weighted by molar-refractivity contribution is -0.114. The van der Waals surface area contributed by atoms with E-state index < -0.39 is 5.91 Å². The van der Waals surface area contributed by atoms with Crippen molar-refractivity contribution in [1.82, 2.24) is 9.47 Å². The van der Waals surface area contributed by atoms with E-state index in [1.807, 2.05) is 55.7 Å². The zero-order chi connectivity index (χ0) is 21.7. The number of benzene rings is 2. The molecule has 154 valence electrons. The van der Waals surface area contributed by atoms with Crippen LogP contribution in [0.4, 0.5) is 0 Å². The number of thioether (sulfide) groups is 1. The second-order valence-electron chi connectivity index (χ2n) is 7.30. The van der Waals surface area contributed by atoms with Crippen LogP contribution in [-0.2, 0) is 11.3 Å². The van der Waals surface area contributed by atoms with Gasteiger partial charge >= 0.3 is 0 Å². The third-order valence-electron chi connectivity index (χ3n) is 5.15. The molecular formula is C23H16Cl2N4OS. The molecule has 3 heterocycles. The number of rotatable bonds is 3. The zero-order valence-corrected chi connectivity index (χ0v) is 18.7. The normalized spacial score (nSPS) is 17.4. The number of halogens is 2. The van der Waals surface area contributed by atoms with Gasteiger partial charge in [-0.05, 0) is 36.8 Å². The Balaban J connectivity index is 1.57. The fourth-order valence-electron chi connectivity index (χ4n) is 3.71. The molecule has 0 spiro atoms. The van der Waals surface area contributed by atoms with Crippen LogP contribution in [0.5, 0.6) is 0 Å². The Kier molecular flexibility index (Phi) is 5.01. The fraction of sp³-hybridized carbons (Fsp3) is 0.0870. The third kappa shape index (κ3) is 3.61. The molecule has 5 nitrogen and oxygen atoms in total. The van der Waals surface area contributed by atoms with Gasteiger partial charge in [-0.15, -0.1) is 0 Å². The number of aromatic nitrogens is 1. The molecular weight excluding hydrogens is 451 g/mol. The standard InChI is InChI=1S/C23H16Cl2N4OS/c1-13-10-29-21(26)17(22(30)27-23(29)31-13)9-15-12-28(20-5-3-2-4-16(15)20)11-14-6-7-18(24)19(25)8-14/h2-10,12,26H,11H2,1H3/b17-9-,26-21?. The molecule has 0 radical (unpaired) electrons. The van der Waals surface area contributed by atoms with Crippen molar-refractivity contribution >= 4 is 68.9 Å². The van der Waals surface area contributed by atoms with Gasteiger partial charge in [0.1, 0.15) is 5.84 Å². The first kappa shape index (κ1) is 20.1. The monoisotopic (exact) mass is 466 g/mol. The molecule has 5 rings (SSSR count). The van der Waals surface area contributed by atoms with Gasteiger partial charge < -0.3 is 4.57 Å². The summed E-state index contributed by atoms with van der Waals surface area (Å²) in [6.45, 7) is 2.53. The minimum atomic E-state index is -0.395. The van der Waals surface area contributed by atoms with Crippen LogP contribution < -0.4 is 0 Å². The number of allylic oxidation sites excluding steroid dienone is 1. The maximum atomic E-state index is 12.7. The van der Waals surface area contributed by atoms with Gasteiger partial charge in [-0.25, -0.2) is 0 Å². The molecule has 0 bridgehead atoms. The molecule has 0 fully saturated rings. The van der Waals surface area contributed by atoms with Crippen molar-refractivity contribution in [2.24, 2.45) is 4.99 Å². The van der Waals surface area contributed by atoms with Gasteiger partial charge in [0, 0.05) is 40.3 Å². The van der Waals surface area contributed by atoms with Gasteiger partial charge in [-0.2, -0.15) is 4.99 Å². The zero-order valence-electron chi connectivity index (χ0n) is 16.4. The predicted octanol–water partition coefficient (Wildman–Crippen LogP) is 6.16. The highest BCUT2D eigenvalue weighted by molar-refractivity contribution is 8.17. The highest BCUT2D eigenvalue weighted by Crippen LogP contribution is 2.33. The lowest BCUT2D eigenvalue weighted by Gasteiger charge is -2.22. The van der Waals surface area contributed by atoms with Gasteiger partial charge in [-0.3, -0.25) is 15.1 Å². The summed E-state index contributed by atoms with van der Waals surface area (Å²) < 4.78 is 2.10. The quantitative estimate of drug-likeness (QED) is 0.469. The first-order chi connectivity index (χ1) is 14.9. The second kappa shape index (κ2) is 7.71. The summed E-state index contributed by atoms with van der Waals surface area (Å²) in [6.07, 6.45) is 5.57. The molecule has 1 aromatic heterocycles. The van der Waals surface area contributed by atoms with E-state index in [4.69, 9.17) is 28.6 Å². The van der Waals surface area contributed by atoms with E-state index >= 15 is 0 Å². The summed E-state index contributed by atoms with van der Waals surface area (Å²) in [5, 5.41) is 11.1. The van der Waals surface area contributed by atoms with E-state index in [2.05, 4.69) is 9.56 Å². The number of hydrogen-bond donors (Lipinski definition) is 1. The van der Waals surface area contributed by atoms with Crippen molar-refractivity contribution in [3.05, 3.63) is 86.5 Å². The molecule has 3 aromatic rings. The summed E-state index contributed by atoms with van der Waals surface area (Å²) in [7, 11) is 0. The van der Waals surface area contributed by atoms with Crippen molar-refractivity contribution in [3.8, 4) is 0 Å². The summed E-state index contributed by atoms with van der Waals surface area (Å²) in [5.41, 5.74) is 3.16. The van der Waals surface area contributed by atoms with Crippen LogP contribution in [0.2, 0.25) is 10.0 Å². The highest BCUT2D eigenvalue weighted by Gasteiger charge is 2.33. The molecule has 0 saturated heterocycles. The Bertz CT molecular complexity index is 1370. The van der Waals surface area contributed by atoms with Gasteiger partial charge in [0.15, 0.2) is 5.17 Å². The van der Waals surface area contributed by atoms with Gasteiger partial charge in [0.05, 0.1) is 15.6 Å². The maximum absolute atomic E-state index is 12.7. The van der Waals surface area contributed by atoms with Crippen LogP contribution in [-0.4, -0.2) is 26.4 Å². The molecule has 0 saturated carbocycles.